The molecule has 0 bridgehead atoms. The molecule has 0 spiro atoms. The molecule has 0 aromatic heterocycles. The Balaban J connectivity index is 2.37. The zero-order valence-electron chi connectivity index (χ0n) is 7.54. The van der Waals surface area contributed by atoms with Crippen LogP contribution in [0.2, 0.25) is 0 Å². The molecule has 0 saturated carbocycles. The number of hydrogen-bond acceptors (Lipinski definition) is 2. The lowest BCUT2D eigenvalue weighted by Gasteiger charge is -1.99. The van der Waals surface area contributed by atoms with E-state index in [1.165, 1.54) is 7.11 Å². The van der Waals surface area contributed by atoms with Gasteiger partial charge in [-0.05, 0) is 12.0 Å². The van der Waals surface area contributed by atoms with Crippen molar-refractivity contribution < 1.29 is 11.1 Å². The van der Waals surface area contributed by atoms with Gasteiger partial charge in [-0.2, -0.15) is 0 Å². The molecule has 0 heterocycles. The molecule has 0 amide bonds. The van der Waals surface area contributed by atoms with Crippen molar-refractivity contribution in [1.29, 1.82) is 0 Å². The molecular weight excluding hydrogens is 140 g/mol. The van der Waals surface area contributed by atoms with Crippen LogP contribution in [0.25, 0.3) is 0 Å². The van der Waals surface area contributed by atoms with Gasteiger partial charge in [0.15, 0.2) is 0 Å². The van der Waals surface area contributed by atoms with Gasteiger partial charge in [-0.25, -0.2) is 9.78 Å². The lowest BCUT2D eigenvalue weighted by Crippen LogP contribution is -1.96. The molecule has 2 heteroatoms. The molecular formula is C9H12O2. The number of benzene rings is 1. The smallest absolute Gasteiger partial charge is 0.0862 e. The molecule has 11 heavy (non-hydrogen) atoms. The fourth-order valence-electron chi connectivity index (χ4n) is 0.831. The van der Waals surface area contributed by atoms with Gasteiger partial charge in [0, 0.05) is 0 Å². The Hall–Kier alpha value is -0.860. The summed E-state index contributed by atoms with van der Waals surface area (Å²) in [5.74, 6) is 0. The summed E-state index contributed by atoms with van der Waals surface area (Å²) in [5, 5.41) is 0. The van der Waals surface area contributed by atoms with Gasteiger partial charge >= 0.3 is 0 Å². The van der Waals surface area contributed by atoms with Crippen LogP contribution in [0, 0.1) is 0 Å². The fourth-order valence-corrected chi connectivity index (χ4v) is 0.831. The van der Waals surface area contributed by atoms with Crippen LogP contribution in [0.3, 0.4) is 0 Å². The monoisotopic (exact) mass is 154 g/mol. The average molecular weight is 154 g/mol. The minimum absolute atomic E-state index is 0.534. The van der Waals surface area contributed by atoms with E-state index in [-0.39, 0.29) is 0 Å². The summed E-state index contributed by atoms with van der Waals surface area (Å²) in [5.41, 5.74) is 1.16. The third-order valence-corrected chi connectivity index (χ3v) is 1.38. The maximum absolute atomic E-state index is 7.25. The predicted octanol–water partition coefficient (Wildman–Crippen LogP) is 1.81. The molecule has 2 nitrogen and oxygen atoms in total. The van der Waals surface area contributed by atoms with Crippen LogP contribution in [0.1, 0.15) is 6.93 Å². The zero-order chi connectivity index (χ0) is 8.81. The summed E-state index contributed by atoms with van der Waals surface area (Å²) in [4.78, 5) is 9.17. The Morgan fingerprint density at radius 1 is 1.45 bits per heavy atom. The van der Waals surface area contributed by atoms with Crippen LogP contribution >= 0.6 is 0 Å². The normalized spacial score (nSPS) is 11.2. The Labute approximate surface area is 68.1 Å². The summed E-state index contributed by atoms with van der Waals surface area (Å²) in [6.07, 6.45) is 0.814. The molecule has 0 aliphatic rings. The second kappa shape index (κ2) is 4.88. The predicted molar refractivity (Wildman–Crippen MR) is 43.1 cm³/mol. The first-order valence-electron chi connectivity index (χ1n) is 4.04. The van der Waals surface area contributed by atoms with E-state index in [9.17, 15) is 0 Å². The topological polar surface area (TPSA) is 18.5 Å². The van der Waals surface area contributed by atoms with E-state index in [1.54, 1.807) is 12.1 Å². The Kier molecular flexibility index (Phi) is 3.03. The van der Waals surface area contributed by atoms with Gasteiger partial charge in [-0.3, -0.25) is 0 Å². The molecule has 1 aromatic rings. The highest BCUT2D eigenvalue weighted by Gasteiger charge is 1.89. The van der Waals surface area contributed by atoms with Crippen molar-refractivity contribution in [3.63, 3.8) is 0 Å². The Morgan fingerprint density at radius 2 is 2.18 bits per heavy atom. The van der Waals surface area contributed by atoms with Crippen LogP contribution in [-0.4, -0.2) is 13.7 Å². The van der Waals surface area contributed by atoms with Gasteiger partial charge in [-0.1, -0.05) is 30.3 Å². The first kappa shape index (κ1) is 6.83. The Bertz CT molecular complexity index is 220. The second-order valence-corrected chi connectivity index (χ2v) is 2.15. The minimum atomic E-state index is 0.534. The molecule has 0 atom stereocenters. The summed E-state index contributed by atoms with van der Waals surface area (Å²) < 4.78 is 7.25. The molecule has 0 saturated heterocycles. The van der Waals surface area contributed by atoms with Crippen molar-refractivity contribution in [2.75, 3.05) is 13.7 Å². The number of hydrogen-bond donors (Lipinski definition) is 0. The van der Waals surface area contributed by atoms with Crippen molar-refractivity contribution in [1.82, 2.24) is 0 Å². The van der Waals surface area contributed by atoms with Gasteiger partial charge in [0.1, 0.15) is 0 Å². The quantitative estimate of drug-likeness (QED) is 0.374. The third kappa shape index (κ3) is 3.16. The van der Waals surface area contributed by atoms with Crippen LogP contribution < -0.4 is 0 Å². The maximum atomic E-state index is 7.25. The van der Waals surface area contributed by atoms with Gasteiger partial charge in [0.05, 0.1) is 15.1 Å². The molecule has 0 aliphatic heterocycles. The summed E-state index contributed by atoms with van der Waals surface area (Å²) in [7, 11) is 1.49. The van der Waals surface area contributed by atoms with E-state index in [4.69, 9.17) is 6.26 Å². The van der Waals surface area contributed by atoms with E-state index in [0.717, 1.165) is 12.0 Å². The van der Waals surface area contributed by atoms with Crippen LogP contribution in [0.4, 0.5) is 0 Å². The van der Waals surface area contributed by atoms with Crippen molar-refractivity contribution in [2.45, 2.75) is 6.42 Å². The van der Waals surface area contributed by atoms with E-state index in [2.05, 4.69) is 4.89 Å². The molecule has 1 aromatic carbocycles. The van der Waals surface area contributed by atoms with Gasteiger partial charge in [0.2, 0.25) is 0 Å². The highest BCUT2D eigenvalue weighted by Crippen LogP contribution is 1.98. The highest BCUT2D eigenvalue weighted by molar-refractivity contribution is 5.14. The number of rotatable bonds is 4. The lowest BCUT2D eigenvalue weighted by molar-refractivity contribution is -0.271. The maximum Gasteiger partial charge on any atom is 0.0862 e. The van der Waals surface area contributed by atoms with Crippen LogP contribution in [0.15, 0.2) is 30.3 Å². The standard InChI is InChI=1S/C9H12O2/c1-10-11-8-7-9-5-3-2-4-6-9/h2-6H,7-8H2,1H3/i2T. The first-order valence-corrected chi connectivity index (χ1v) is 3.54. The first-order chi connectivity index (χ1) is 5.83. The molecule has 0 fully saturated rings. The molecule has 0 radical (unpaired) electrons. The summed E-state index contributed by atoms with van der Waals surface area (Å²) in [6, 6.07) is 7.90. The fraction of sp³-hybridized carbons (Fsp3) is 0.333. The van der Waals surface area contributed by atoms with Crippen molar-refractivity contribution >= 4 is 0 Å². The molecule has 0 N–H and O–H groups in total. The third-order valence-electron chi connectivity index (χ3n) is 1.38. The van der Waals surface area contributed by atoms with Crippen molar-refractivity contribution in [3.8, 4) is 0 Å². The van der Waals surface area contributed by atoms with Crippen LogP contribution in [-0.2, 0) is 16.2 Å². The van der Waals surface area contributed by atoms with Crippen molar-refractivity contribution in [3.05, 3.63) is 35.9 Å². The second-order valence-electron chi connectivity index (χ2n) is 2.15. The largest absolute Gasteiger partial charge is 0.240 e. The van der Waals surface area contributed by atoms with E-state index in [0.29, 0.717) is 12.6 Å². The average Bonchev–Trinajstić information content (AvgIpc) is 2.09. The SMILES string of the molecule is [3H]c1ccc(CCOOC)cc1. The molecule has 0 unspecified atom stereocenters. The van der Waals surface area contributed by atoms with Gasteiger partial charge in [-0.15, -0.1) is 0 Å². The molecule has 0 aliphatic carbocycles. The summed E-state index contributed by atoms with van der Waals surface area (Å²) in [6.45, 7) is 0.549. The summed E-state index contributed by atoms with van der Waals surface area (Å²) >= 11 is 0. The highest BCUT2D eigenvalue weighted by atomic mass is 17.2. The van der Waals surface area contributed by atoms with Gasteiger partial charge in [0.25, 0.3) is 0 Å². The zero-order valence-corrected chi connectivity index (χ0v) is 6.54. The van der Waals surface area contributed by atoms with Gasteiger partial charge < -0.3 is 0 Å². The lowest BCUT2D eigenvalue weighted by atomic mass is 10.2. The van der Waals surface area contributed by atoms with E-state index < -0.39 is 0 Å². The Morgan fingerprint density at radius 3 is 2.82 bits per heavy atom. The molecule has 1 rings (SSSR count). The van der Waals surface area contributed by atoms with E-state index in [1.807, 2.05) is 12.1 Å². The van der Waals surface area contributed by atoms with Crippen molar-refractivity contribution in [2.24, 2.45) is 0 Å². The molecule has 60 valence electrons. The van der Waals surface area contributed by atoms with Crippen LogP contribution in [0.5, 0.6) is 0 Å². The minimum Gasteiger partial charge on any atom is -0.240 e. The van der Waals surface area contributed by atoms with E-state index >= 15 is 0 Å².